The fourth-order valence-electron chi connectivity index (χ4n) is 3.05. The highest BCUT2D eigenvalue weighted by molar-refractivity contribution is 6.33. The SMILES string of the molecule is CC(C)[C@H](NC(=O)c1cc(-c2ccccc2Cl)on1)C(=O)NC[C@H]1CCCO1. The summed E-state index contributed by atoms with van der Waals surface area (Å²) >= 11 is 6.15. The molecule has 0 spiro atoms. The molecule has 0 unspecified atom stereocenters. The molecule has 2 atom stereocenters. The second kappa shape index (κ2) is 9.21. The number of hydrogen-bond donors (Lipinski definition) is 2. The first-order chi connectivity index (χ1) is 13.5. The van der Waals surface area contributed by atoms with Gasteiger partial charge in [0.05, 0.1) is 11.1 Å². The number of benzene rings is 1. The molecule has 1 aromatic heterocycles. The summed E-state index contributed by atoms with van der Waals surface area (Å²) in [7, 11) is 0. The minimum atomic E-state index is -0.686. The van der Waals surface area contributed by atoms with Crippen molar-refractivity contribution in [1.29, 1.82) is 0 Å². The smallest absolute Gasteiger partial charge is 0.274 e. The van der Waals surface area contributed by atoms with Gasteiger partial charge in [-0.15, -0.1) is 0 Å². The molecular formula is C20H24ClN3O4. The summed E-state index contributed by atoms with van der Waals surface area (Å²) in [5.41, 5.74) is 0.734. The van der Waals surface area contributed by atoms with Crippen LogP contribution in [0.1, 0.15) is 37.2 Å². The lowest BCUT2D eigenvalue weighted by Crippen LogP contribution is -2.51. The monoisotopic (exact) mass is 405 g/mol. The van der Waals surface area contributed by atoms with Crippen LogP contribution in [-0.4, -0.2) is 42.3 Å². The Kier molecular flexibility index (Phi) is 6.70. The maximum absolute atomic E-state index is 12.6. The highest BCUT2D eigenvalue weighted by Crippen LogP contribution is 2.28. The Morgan fingerprint density at radius 2 is 2.11 bits per heavy atom. The highest BCUT2D eigenvalue weighted by Gasteiger charge is 2.27. The molecule has 1 aliphatic rings. The van der Waals surface area contributed by atoms with Gasteiger partial charge in [-0.3, -0.25) is 9.59 Å². The number of aromatic nitrogens is 1. The summed E-state index contributed by atoms with van der Waals surface area (Å²) in [5, 5.41) is 9.92. The highest BCUT2D eigenvalue weighted by atomic mass is 35.5. The van der Waals surface area contributed by atoms with Crippen LogP contribution in [0.2, 0.25) is 5.02 Å². The van der Waals surface area contributed by atoms with Gasteiger partial charge < -0.3 is 19.9 Å². The normalized spacial score (nSPS) is 17.5. The summed E-state index contributed by atoms with van der Waals surface area (Å²) in [4.78, 5) is 25.1. The minimum Gasteiger partial charge on any atom is -0.376 e. The number of halogens is 1. The number of rotatable bonds is 7. The first-order valence-electron chi connectivity index (χ1n) is 9.37. The Labute approximate surface area is 168 Å². The molecule has 2 N–H and O–H groups in total. The van der Waals surface area contributed by atoms with E-state index in [1.807, 2.05) is 19.9 Å². The zero-order chi connectivity index (χ0) is 20.1. The third-order valence-electron chi connectivity index (χ3n) is 4.65. The lowest BCUT2D eigenvalue weighted by molar-refractivity contribution is -0.124. The third-order valence-corrected chi connectivity index (χ3v) is 4.98. The van der Waals surface area contributed by atoms with Gasteiger partial charge in [0.2, 0.25) is 5.91 Å². The molecule has 1 aromatic carbocycles. The maximum atomic E-state index is 12.6. The molecule has 0 radical (unpaired) electrons. The number of nitrogens with one attached hydrogen (secondary N) is 2. The average Bonchev–Trinajstić information content (AvgIpc) is 3.36. The number of nitrogens with zero attached hydrogens (tertiary/aromatic N) is 1. The summed E-state index contributed by atoms with van der Waals surface area (Å²) in [5.74, 6) is -0.426. The molecule has 0 aliphatic carbocycles. The van der Waals surface area contributed by atoms with E-state index in [9.17, 15) is 9.59 Å². The van der Waals surface area contributed by atoms with Gasteiger partial charge in [-0.2, -0.15) is 0 Å². The van der Waals surface area contributed by atoms with Crippen molar-refractivity contribution in [3.05, 3.63) is 41.0 Å². The van der Waals surface area contributed by atoms with Gasteiger partial charge in [-0.05, 0) is 30.9 Å². The van der Waals surface area contributed by atoms with Crippen LogP contribution in [0, 0.1) is 5.92 Å². The molecule has 28 heavy (non-hydrogen) atoms. The predicted octanol–water partition coefficient (Wildman–Crippen LogP) is 3.04. The van der Waals surface area contributed by atoms with Gasteiger partial charge in [0.1, 0.15) is 6.04 Å². The van der Waals surface area contributed by atoms with Crippen LogP contribution < -0.4 is 10.6 Å². The maximum Gasteiger partial charge on any atom is 0.274 e. The summed E-state index contributed by atoms with van der Waals surface area (Å²) in [6.07, 6.45) is 1.98. The minimum absolute atomic E-state index is 0.0428. The van der Waals surface area contributed by atoms with Gasteiger partial charge in [0, 0.05) is 24.8 Å². The second-order valence-electron chi connectivity index (χ2n) is 7.13. The second-order valence-corrected chi connectivity index (χ2v) is 7.54. The lowest BCUT2D eigenvalue weighted by atomic mass is 10.0. The van der Waals surface area contributed by atoms with Crippen molar-refractivity contribution in [2.75, 3.05) is 13.2 Å². The van der Waals surface area contributed by atoms with Crippen LogP contribution in [0.3, 0.4) is 0 Å². The molecule has 0 saturated carbocycles. The number of ether oxygens (including phenoxy) is 1. The fourth-order valence-corrected chi connectivity index (χ4v) is 3.28. The van der Waals surface area contributed by atoms with Gasteiger partial charge in [-0.25, -0.2) is 0 Å². The Bertz CT molecular complexity index is 830. The van der Waals surface area contributed by atoms with Crippen molar-refractivity contribution in [1.82, 2.24) is 15.8 Å². The summed E-state index contributed by atoms with van der Waals surface area (Å²) < 4.78 is 10.8. The zero-order valence-electron chi connectivity index (χ0n) is 15.9. The van der Waals surface area contributed by atoms with Crippen molar-refractivity contribution in [2.45, 2.75) is 38.8 Å². The van der Waals surface area contributed by atoms with E-state index in [1.54, 1.807) is 18.2 Å². The van der Waals surface area contributed by atoms with E-state index in [0.29, 0.717) is 22.9 Å². The number of carbonyl (C=O) groups is 2. The molecule has 3 rings (SSSR count). The quantitative estimate of drug-likeness (QED) is 0.738. The third kappa shape index (κ3) is 4.91. The van der Waals surface area contributed by atoms with Crippen LogP contribution in [0.4, 0.5) is 0 Å². The molecule has 2 heterocycles. The van der Waals surface area contributed by atoms with Crippen molar-refractivity contribution in [2.24, 2.45) is 5.92 Å². The fraction of sp³-hybridized carbons (Fsp3) is 0.450. The Morgan fingerprint density at radius 3 is 2.79 bits per heavy atom. The molecule has 1 aliphatic heterocycles. The van der Waals surface area contributed by atoms with Crippen molar-refractivity contribution >= 4 is 23.4 Å². The largest absolute Gasteiger partial charge is 0.376 e. The lowest BCUT2D eigenvalue weighted by Gasteiger charge is -2.22. The Balaban J connectivity index is 1.64. The van der Waals surface area contributed by atoms with Gasteiger partial charge in [-0.1, -0.05) is 42.7 Å². The molecule has 0 bridgehead atoms. The first-order valence-corrected chi connectivity index (χ1v) is 9.75. The van der Waals surface area contributed by atoms with Gasteiger partial charge in [0.25, 0.3) is 5.91 Å². The molecule has 1 saturated heterocycles. The number of carbonyl (C=O) groups excluding carboxylic acids is 2. The van der Waals surface area contributed by atoms with Crippen molar-refractivity contribution in [3.8, 4) is 11.3 Å². The van der Waals surface area contributed by atoms with E-state index in [-0.39, 0.29) is 23.6 Å². The van der Waals surface area contributed by atoms with Crippen LogP contribution in [-0.2, 0) is 9.53 Å². The van der Waals surface area contributed by atoms with Gasteiger partial charge in [0.15, 0.2) is 11.5 Å². The van der Waals surface area contributed by atoms with E-state index in [2.05, 4.69) is 15.8 Å². The molecule has 7 nitrogen and oxygen atoms in total. The Hall–Kier alpha value is -2.38. The molecule has 150 valence electrons. The molecular weight excluding hydrogens is 382 g/mol. The molecule has 2 aromatic rings. The van der Waals surface area contributed by atoms with E-state index < -0.39 is 11.9 Å². The van der Waals surface area contributed by atoms with E-state index >= 15 is 0 Å². The van der Waals surface area contributed by atoms with E-state index in [1.165, 1.54) is 6.07 Å². The van der Waals surface area contributed by atoms with E-state index in [0.717, 1.165) is 19.4 Å². The summed E-state index contributed by atoms with van der Waals surface area (Å²) in [6.45, 7) is 4.91. The zero-order valence-corrected chi connectivity index (χ0v) is 16.7. The number of amides is 2. The van der Waals surface area contributed by atoms with Crippen LogP contribution in [0.5, 0.6) is 0 Å². The summed E-state index contributed by atoms with van der Waals surface area (Å²) in [6, 6.07) is 7.95. The van der Waals surface area contributed by atoms with Crippen molar-refractivity contribution < 1.29 is 18.8 Å². The topological polar surface area (TPSA) is 93.5 Å². The van der Waals surface area contributed by atoms with Crippen LogP contribution >= 0.6 is 11.6 Å². The standard InChI is InChI=1S/C20H24ClN3O4/c1-12(2)18(20(26)22-11-13-6-5-9-27-13)23-19(25)16-10-17(28-24-16)14-7-3-4-8-15(14)21/h3-4,7-8,10,12-13,18H,5-6,9,11H2,1-2H3,(H,22,26)(H,23,25)/t13-,18+/m1/s1. The van der Waals surface area contributed by atoms with Crippen molar-refractivity contribution in [3.63, 3.8) is 0 Å². The predicted molar refractivity (Wildman–Crippen MR) is 105 cm³/mol. The molecule has 2 amide bonds. The van der Waals surface area contributed by atoms with Crippen LogP contribution in [0.15, 0.2) is 34.9 Å². The Morgan fingerprint density at radius 1 is 1.32 bits per heavy atom. The number of hydrogen-bond acceptors (Lipinski definition) is 5. The molecule has 8 heteroatoms. The first kappa shape index (κ1) is 20.4. The van der Waals surface area contributed by atoms with Gasteiger partial charge >= 0.3 is 0 Å². The van der Waals surface area contributed by atoms with Crippen LogP contribution in [0.25, 0.3) is 11.3 Å². The van der Waals surface area contributed by atoms with E-state index in [4.69, 9.17) is 20.9 Å². The molecule has 1 fully saturated rings. The average molecular weight is 406 g/mol.